The minimum atomic E-state index is 0.0398. The highest BCUT2D eigenvalue weighted by atomic mass is 16.2. The Morgan fingerprint density at radius 3 is 2.70 bits per heavy atom. The van der Waals surface area contributed by atoms with Crippen molar-refractivity contribution in [1.82, 2.24) is 29.2 Å². The van der Waals surface area contributed by atoms with Crippen LogP contribution in [0.3, 0.4) is 0 Å². The molecule has 1 amide bonds. The van der Waals surface area contributed by atoms with Crippen molar-refractivity contribution in [3.05, 3.63) is 30.4 Å². The number of rotatable bonds is 4. The van der Waals surface area contributed by atoms with Gasteiger partial charge in [0.1, 0.15) is 17.8 Å². The fourth-order valence-corrected chi connectivity index (χ4v) is 4.99. The molecule has 0 bridgehead atoms. The molecule has 27 heavy (non-hydrogen) atoms. The van der Waals surface area contributed by atoms with Gasteiger partial charge in [0.25, 0.3) is 5.91 Å². The lowest BCUT2D eigenvalue weighted by atomic mass is 9.67. The van der Waals surface area contributed by atoms with Crippen molar-refractivity contribution in [2.75, 3.05) is 13.1 Å². The van der Waals surface area contributed by atoms with Crippen molar-refractivity contribution in [2.24, 2.45) is 18.4 Å². The summed E-state index contributed by atoms with van der Waals surface area (Å²) in [7, 11) is 1.90. The molecule has 1 aliphatic carbocycles. The molecule has 1 saturated carbocycles. The van der Waals surface area contributed by atoms with Crippen LogP contribution < -0.4 is 0 Å². The van der Waals surface area contributed by atoms with E-state index in [0.717, 1.165) is 31.8 Å². The molecule has 4 rings (SSSR count). The lowest BCUT2D eigenvalue weighted by Gasteiger charge is -2.37. The molecular weight excluding hydrogens is 340 g/mol. The number of amides is 1. The summed E-state index contributed by atoms with van der Waals surface area (Å²) >= 11 is 0. The number of carbonyl (C=O) groups is 1. The Morgan fingerprint density at radius 2 is 2.04 bits per heavy atom. The second-order valence-corrected chi connectivity index (χ2v) is 8.82. The Hall–Kier alpha value is -2.18. The van der Waals surface area contributed by atoms with Gasteiger partial charge in [-0.2, -0.15) is 0 Å². The number of likely N-dealkylation sites (tertiary alicyclic amines) is 1. The second-order valence-electron chi connectivity index (χ2n) is 8.82. The fourth-order valence-electron chi connectivity index (χ4n) is 4.99. The van der Waals surface area contributed by atoms with E-state index in [1.165, 1.54) is 19.3 Å². The zero-order valence-electron chi connectivity index (χ0n) is 16.6. The number of hydrogen-bond donors (Lipinski definition) is 0. The smallest absolute Gasteiger partial charge is 0.274 e. The van der Waals surface area contributed by atoms with Gasteiger partial charge < -0.3 is 14.0 Å². The van der Waals surface area contributed by atoms with Crippen LogP contribution in [0.4, 0.5) is 0 Å². The Kier molecular flexibility index (Phi) is 4.78. The summed E-state index contributed by atoms with van der Waals surface area (Å²) < 4.78 is 4.04. The van der Waals surface area contributed by atoms with Crippen LogP contribution in [-0.2, 0) is 13.6 Å². The van der Waals surface area contributed by atoms with Crippen LogP contribution in [0, 0.1) is 11.3 Å². The molecule has 1 atom stereocenters. The minimum Gasteiger partial charge on any atom is -0.340 e. The number of aromatic nitrogens is 5. The van der Waals surface area contributed by atoms with Crippen LogP contribution in [0.5, 0.6) is 0 Å². The van der Waals surface area contributed by atoms with Crippen molar-refractivity contribution in [3.8, 4) is 0 Å². The van der Waals surface area contributed by atoms with Crippen LogP contribution in [0.1, 0.15) is 68.2 Å². The Labute approximate surface area is 160 Å². The van der Waals surface area contributed by atoms with Crippen molar-refractivity contribution in [1.29, 1.82) is 0 Å². The number of nitrogens with zero attached hydrogens (tertiary/aromatic N) is 6. The molecule has 2 fully saturated rings. The van der Waals surface area contributed by atoms with Gasteiger partial charge in [0.05, 0.1) is 6.33 Å². The summed E-state index contributed by atoms with van der Waals surface area (Å²) in [6.07, 6.45) is 11.5. The SMILES string of the molecule is CC(C)Cn1cnnc1C1CN(C(=O)c2cn(C)cn2)CC12CCCCC2. The van der Waals surface area contributed by atoms with E-state index in [4.69, 9.17) is 0 Å². The van der Waals surface area contributed by atoms with E-state index < -0.39 is 0 Å². The normalized spacial score (nSPS) is 22.1. The molecule has 1 spiro atoms. The first-order valence-electron chi connectivity index (χ1n) is 10.1. The van der Waals surface area contributed by atoms with Gasteiger partial charge >= 0.3 is 0 Å². The molecule has 1 unspecified atom stereocenters. The van der Waals surface area contributed by atoms with Gasteiger partial charge in [-0.05, 0) is 24.2 Å². The molecule has 2 aromatic rings. The topological polar surface area (TPSA) is 68.8 Å². The van der Waals surface area contributed by atoms with Crippen molar-refractivity contribution in [3.63, 3.8) is 0 Å². The van der Waals surface area contributed by atoms with Gasteiger partial charge in [-0.1, -0.05) is 33.1 Å². The maximum absolute atomic E-state index is 13.1. The van der Waals surface area contributed by atoms with E-state index in [2.05, 4.69) is 33.6 Å². The molecule has 0 radical (unpaired) electrons. The van der Waals surface area contributed by atoms with Crippen LogP contribution in [0.15, 0.2) is 18.9 Å². The lowest BCUT2D eigenvalue weighted by Crippen LogP contribution is -2.34. The van der Waals surface area contributed by atoms with Crippen molar-refractivity contribution in [2.45, 2.75) is 58.4 Å². The highest BCUT2D eigenvalue weighted by Crippen LogP contribution is 2.51. The molecule has 1 saturated heterocycles. The van der Waals surface area contributed by atoms with Gasteiger partial charge in [0.2, 0.25) is 0 Å². The molecule has 7 nitrogen and oxygen atoms in total. The summed E-state index contributed by atoms with van der Waals surface area (Å²) in [5.74, 6) is 1.89. The predicted octanol–water partition coefficient (Wildman–Crippen LogP) is 2.86. The molecule has 146 valence electrons. The molecule has 2 aliphatic rings. The molecule has 0 N–H and O–H groups in total. The van der Waals surface area contributed by atoms with Crippen LogP contribution in [0.2, 0.25) is 0 Å². The van der Waals surface area contributed by atoms with Gasteiger partial charge in [-0.15, -0.1) is 10.2 Å². The van der Waals surface area contributed by atoms with Crippen LogP contribution >= 0.6 is 0 Å². The Bertz CT molecular complexity index is 801. The number of hydrogen-bond acceptors (Lipinski definition) is 4. The average Bonchev–Trinajstić information content (AvgIpc) is 3.34. The first kappa shape index (κ1) is 18.2. The van der Waals surface area contributed by atoms with Gasteiger partial charge in [0.15, 0.2) is 0 Å². The highest BCUT2D eigenvalue weighted by molar-refractivity contribution is 5.92. The third kappa shape index (κ3) is 3.39. The summed E-state index contributed by atoms with van der Waals surface area (Å²) in [6, 6.07) is 0. The first-order valence-corrected chi connectivity index (χ1v) is 10.1. The molecule has 0 aromatic carbocycles. The zero-order chi connectivity index (χ0) is 19.0. The number of carbonyl (C=O) groups excluding carboxylic acids is 1. The zero-order valence-corrected chi connectivity index (χ0v) is 16.6. The molecule has 7 heteroatoms. The monoisotopic (exact) mass is 370 g/mol. The van der Waals surface area contributed by atoms with Crippen LogP contribution in [-0.4, -0.2) is 48.2 Å². The van der Waals surface area contributed by atoms with E-state index >= 15 is 0 Å². The standard InChI is InChI=1S/C20H30N6O/c1-15(2)9-26-14-22-23-18(26)16-10-25(12-20(16)7-5-4-6-8-20)19(27)17-11-24(3)13-21-17/h11,13-16H,4-10,12H2,1-3H3. The lowest BCUT2D eigenvalue weighted by molar-refractivity contribution is 0.0753. The van der Waals surface area contributed by atoms with E-state index in [1.54, 1.807) is 6.33 Å². The fraction of sp³-hybridized carbons (Fsp3) is 0.700. The quantitative estimate of drug-likeness (QED) is 0.830. The predicted molar refractivity (Wildman–Crippen MR) is 102 cm³/mol. The average molecular weight is 371 g/mol. The second kappa shape index (κ2) is 7.09. The molecular formula is C20H30N6O. The summed E-state index contributed by atoms with van der Waals surface area (Å²) in [5, 5.41) is 8.75. The molecule has 3 heterocycles. The van der Waals surface area contributed by atoms with Gasteiger partial charge in [0, 0.05) is 38.8 Å². The molecule has 1 aliphatic heterocycles. The van der Waals surface area contributed by atoms with Crippen molar-refractivity contribution < 1.29 is 4.79 Å². The summed E-state index contributed by atoms with van der Waals surface area (Å²) in [6.45, 7) is 6.87. The third-order valence-corrected chi connectivity index (χ3v) is 6.23. The van der Waals surface area contributed by atoms with Gasteiger partial charge in [-0.3, -0.25) is 4.79 Å². The minimum absolute atomic E-state index is 0.0398. The highest BCUT2D eigenvalue weighted by Gasteiger charge is 2.50. The number of aryl methyl sites for hydroxylation is 1. The van der Waals surface area contributed by atoms with E-state index in [-0.39, 0.29) is 17.2 Å². The summed E-state index contributed by atoms with van der Waals surface area (Å²) in [5.41, 5.74) is 0.664. The van der Waals surface area contributed by atoms with E-state index in [0.29, 0.717) is 18.2 Å². The van der Waals surface area contributed by atoms with E-state index in [9.17, 15) is 4.79 Å². The Morgan fingerprint density at radius 1 is 1.26 bits per heavy atom. The van der Waals surface area contributed by atoms with Crippen LogP contribution in [0.25, 0.3) is 0 Å². The summed E-state index contributed by atoms with van der Waals surface area (Å²) in [4.78, 5) is 19.4. The van der Waals surface area contributed by atoms with Crippen molar-refractivity contribution >= 4 is 5.91 Å². The maximum atomic E-state index is 13.1. The van der Waals surface area contributed by atoms with E-state index in [1.807, 2.05) is 29.0 Å². The third-order valence-electron chi connectivity index (χ3n) is 6.23. The molecule has 2 aromatic heterocycles. The van der Waals surface area contributed by atoms with Gasteiger partial charge in [-0.25, -0.2) is 4.98 Å². The first-order chi connectivity index (χ1) is 13.0. The largest absolute Gasteiger partial charge is 0.340 e. The number of imidazole rings is 1. The maximum Gasteiger partial charge on any atom is 0.274 e. The Balaban J connectivity index is 1.65.